The number of rotatable bonds is 4. The number of likely N-dealkylation sites (tertiary alicyclic amines) is 1. The maximum Gasteiger partial charge on any atom is 0.254 e. The SMILES string of the molecule is O=C(NCC1CC1)C1CN(C(=O)c2ccncc2)CC12CCC2. The van der Waals surface area contributed by atoms with E-state index in [0.29, 0.717) is 18.0 Å². The van der Waals surface area contributed by atoms with Gasteiger partial charge in [0.05, 0.1) is 5.92 Å². The van der Waals surface area contributed by atoms with Crippen LogP contribution in [0.4, 0.5) is 0 Å². The molecule has 1 unspecified atom stereocenters. The number of carbonyl (C=O) groups excluding carboxylic acids is 2. The molecule has 4 rings (SSSR count). The molecule has 1 spiro atoms. The van der Waals surface area contributed by atoms with Crippen LogP contribution in [0.15, 0.2) is 24.5 Å². The Morgan fingerprint density at radius 2 is 2.00 bits per heavy atom. The molecular weight excluding hydrogens is 290 g/mol. The van der Waals surface area contributed by atoms with Crippen LogP contribution in [0.5, 0.6) is 0 Å². The molecular formula is C18H23N3O2. The summed E-state index contributed by atoms with van der Waals surface area (Å²) in [5.74, 6) is 0.825. The molecule has 3 aliphatic rings. The number of nitrogens with one attached hydrogen (secondary N) is 1. The van der Waals surface area contributed by atoms with Crippen molar-refractivity contribution in [2.24, 2.45) is 17.3 Å². The number of nitrogens with zero attached hydrogens (tertiary/aromatic N) is 2. The fourth-order valence-electron chi connectivity index (χ4n) is 3.99. The van der Waals surface area contributed by atoms with Crippen LogP contribution in [0.3, 0.4) is 0 Å². The molecule has 1 N–H and O–H groups in total. The highest BCUT2D eigenvalue weighted by molar-refractivity contribution is 5.95. The highest BCUT2D eigenvalue weighted by Crippen LogP contribution is 2.52. The van der Waals surface area contributed by atoms with Crippen molar-refractivity contribution in [1.82, 2.24) is 15.2 Å². The number of pyridine rings is 1. The first kappa shape index (κ1) is 14.7. The normalized spacial score (nSPS) is 25.2. The summed E-state index contributed by atoms with van der Waals surface area (Å²) >= 11 is 0. The van der Waals surface area contributed by atoms with Crippen LogP contribution >= 0.6 is 0 Å². The molecule has 1 saturated heterocycles. The first-order valence-electron chi connectivity index (χ1n) is 8.65. The summed E-state index contributed by atoms with van der Waals surface area (Å²) in [6.07, 6.45) is 9.06. The van der Waals surface area contributed by atoms with Crippen molar-refractivity contribution in [3.05, 3.63) is 30.1 Å². The molecule has 5 heteroatoms. The quantitative estimate of drug-likeness (QED) is 0.923. The Morgan fingerprint density at radius 3 is 2.61 bits per heavy atom. The minimum atomic E-state index is -0.0409. The summed E-state index contributed by atoms with van der Waals surface area (Å²) in [5, 5.41) is 3.12. The Kier molecular flexibility index (Phi) is 3.58. The van der Waals surface area contributed by atoms with Gasteiger partial charge in [0.2, 0.25) is 5.91 Å². The minimum Gasteiger partial charge on any atom is -0.356 e. The average molecular weight is 313 g/mol. The molecule has 0 aromatic carbocycles. The molecule has 1 aliphatic heterocycles. The van der Waals surface area contributed by atoms with Crippen molar-refractivity contribution in [3.8, 4) is 0 Å². The van der Waals surface area contributed by atoms with Gasteiger partial charge in [-0.1, -0.05) is 6.42 Å². The molecule has 0 bridgehead atoms. The van der Waals surface area contributed by atoms with E-state index >= 15 is 0 Å². The molecule has 5 nitrogen and oxygen atoms in total. The van der Waals surface area contributed by atoms with E-state index in [-0.39, 0.29) is 23.1 Å². The molecule has 2 heterocycles. The van der Waals surface area contributed by atoms with Gasteiger partial charge in [0, 0.05) is 43.0 Å². The van der Waals surface area contributed by atoms with Gasteiger partial charge in [0.15, 0.2) is 0 Å². The number of hydrogen-bond acceptors (Lipinski definition) is 3. The first-order valence-corrected chi connectivity index (χ1v) is 8.65. The largest absolute Gasteiger partial charge is 0.356 e. The molecule has 2 saturated carbocycles. The van der Waals surface area contributed by atoms with E-state index in [2.05, 4.69) is 10.3 Å². The number of hydrogen-bond donors (Lipinski definition) is 1. The van der Waals surface area contributed by atoms with Crippen LogP contribution in [-0.2, 0) is 4.79 Å². The molecule has 1 aromatic rings. The van der Waals surface area contributed by atoms with Crippen molar-refractivity contribution < 1.29 is 9.59 Å². The maximum absolute atomic E-state index is 12.7. The van der Waals surface area contributed by atoms with Gasteiger partial charge in [0.1, 0.15) is 0 Å². The van der Waals surface area contributed by atoms with Crippen LogP contribution in [0.25, 0.3) is 0 Å². The van der Waals surface area contributed by atoms with Crippen molar-refractivity contribution in [2.75, 3.05) is 19.6 Å². The van der Waals surface area contributed by atoms with Crippen LogP contribution in [-0.4, -0.2) is 41.3 Å². The van der Waals surface area contributed by atoms with Gasteiger partial charge in [-0.3, -0.25) is 14.6 Å². The lowest BCUT2D eigenvalue weighted by Crippen LogP contribution is -2.45. The summed E-state index contributed by atoms with van der Waals surface area (Å²) < 4.78 is 0. The maximum atomic E-state index is 12.7. The molecule has 2 aliphatic carbocycles. The Morgan fingerprint density at radius 1 is 1.26 bits per heavy atom. The minimum absolute atomic E-state index is 0.0241. The monoisotopic (exact) mass is 313 g/mol. The first-order chi connectivity index (χ1) is 11.2. The van der Waals surface area contributed by atoms with E-state index in [1.807, 2.05) is 4.90 Å². The lowest BCUT2D eigenvalue weighted by molar-refractivity contribution is -0.129. The van der Waals surface area contributed by atoms with E-state index < -0.39 is 0 Å². The summed E-state index contributed by atoms with van der Waals surface area (Å²) in [5.41, 5.74) is 0.685. The summed E-state index contributed by atoms with van der Waals surface area (Å²) in [7, 11) is 0. The molecule has 1 aromatic heterocycles. The molecule has 122 valence electrons. The third-order valence-corrected chi connectivity index (χ3v) is 5.79. The topological polar surface area (TPSA) is 62.3 Å². The summed E-state index contributed by atoms with van der Waals surface area (Å²) in [4.78, 5) is 31.2. The van der Waals surface area contributed by atoms with E-state index in [0.717, 1.165) is 25.9 Å². The molecule has 3 fully saturated rings. The fourth-order valence-corrected chi connectivity index (χ4v) is 3.99. The highest BCUT2D eigenvalue weighted by Gasteiger charge is 2.54. The smallest absolute Gasteiger partial charge is 0.254 e. The van der Waals surface area contributed by atoms with Crippen molar-refractivity contribution >= 4 is 11.8 Å². The molecule has 2 amide bonds. The standard InChI is InChI=1S/C18H23N3O2/c22-16(20-10-13-2-3-13)15-11-21(12-18(15)6-1-7-18)17(23)14-4-8-19-9-5-14/h4-5,8-9,13,15H,1-3,6-7,10-12H2,(H,20,22). The van der Waals surface area contributed by atoms with E-state index in [4.69, 9.17) is 0 Å². The van der Waals surface area contributed by atoms with E-state index in [1.165, 1.54) is 19.3 Å². The predicted octanol–water partition coefficient (Wildman–Crippen LogP) is 1.85. The summed E-state index contributed by atoms with van der Waals surface area (Å²) in [6, 6.07) is 3.49. The highest BCUT2D eigenvalue weighted by atomic mass is 16.2. The third-order valence-electron chi connectivity index (χ3n) is 5.79. The van der Waals surface area contributed by atoms with E-state index in [1.54, 1.807) is 24.5 Å². The second-order valence-electron chi connectivity index (χ2n) is 7.38. The Hall–Kier alpha value is -1.91. The molecule has 1 atom stereocenters. The molecule has 0 radical (unpaired) electrons. The zero-order valence-electron chi connectivity index (χ0n) is 13.3. The van der Waals surface area contributed by atoms with Gasteiger partial charge in [-0.25, -0.2) is 0 Å². The molecule has 23 heavy (non-hydrogen) atoms. The summed E-state index contributed by atoms with van der Waals surface area (Å²) in [6.45, 7) is 2.08. The second kappa shape index (κ2) is 5.62. The zero-order chi connectivity index (χ0) is 15.9. The number of aromatic nitrogens is 1. The van der Waals surface area contributed by atoms with Crippen LogP contribution in [0, 0.1) is 17.3 Å². The third kappa shape index (κ3) is 2.73. The van der Waals surface area contributed by atoms with Gasteiger partial charge in [0.25, 0.3) is 5.91 Å². The van der Waals surface area contributed by atoms with Crippen molar-refractivity contribution in [2.45, 2.75) is 32.1 Å². The van der Waals surface area contributed by atoms with Gasteiger partial charge in [-0.05, 0) is 43.7 Å². The zero-order valence-corrected chi connectivity index (χ0v) is 13.3. The van der Waals surface area contributed by atoms with E-state index in [9.17, 15) is 9.59 Å². The Bertz CT molecular complexity index is 608. The Labute approximate surface area is 136 Å². The lowest BCUT2D eigenvalue weighted by atomic mass is 9.62. The van der Waals surface area contributed by atoms with Crippen molar-refractivity contribution in [1.29, 1.82) is 0 Å². The number of carbonyl (C=O) groups is 2. The van der Waals surface area contributed by atoms with Gasteiger partial charge in [-0.15, -0.1) is 0 Å². The average Bonchev–Trinajstić information content (AvgIpc) is 3.28. The van der Waals surface area contributed by atoms with Crippen LogP contribution in [0.1, 0.15) is 42.5 Å². The van der Waals surface area contributed by atoms with Gasteiger partial charge in [-0.2, -0.15) is 0 Å². The van der Waals surface area contributed by atoms with Gasteiger partial charge < -0.3 is 10.2 Å². The second-order valence-corrected chi connectivity index (χ2v) is 7.38. The number of amides is 2. The fraction of sp³-hybridized carbons (Fsp3) is 0.611. The Balaban J connectivity index is 1.47. The van der Waals surface area contributed by atoms with Crippen molar-refractivity contribution in [3.63, 3.8) is 0 Å². The van der Waals surface area contributed by atoms with Gasteiger partial charge >= 0.3 is 0 Å². The predicted molar refractivity (Wildman–Crippen MR) is 85.6 cm³/mol. The lowest BCUT2D eigenvalue weighted by Gasteiger charge is -2.41. The van der Waals surface area contributed by atoms with Crippen LogP contribution in [0.2, 0.25) is 0 Å². The van der Waals surface area contributed by atoms with Crippen LogP contribution < -0.4 is 5.32 Å².